The maximum absolute atomic E-state index is 12.1. The fourth-order valence-electron chi connectivity index (χ4n) is 1.19. The third kappa shape index (κ3) is 3.18. The summed E-state index contributed by atoms with van der Waals surface area (Å²) in [7, 11) is 0. The second-order valence-electron chi connectivity index (χ2n) is 3.03. The van der Waals surface area contributed by atoms with E-state index < -0.39 is 6.61 Å². The van der Waals surface area contributed by atoms with E-state index in [1.807, 2.05) is 0 Å². The third-order valence-corrected chi connectivity index (χ3v) is 1.87. The molecule has 1 aromatic rings. The molecule has 0 heterocycles. The molecule has 0 aliphatic rings. The second-order valence-corrected chi connectivity index (χ2v) is 3.03. The predicted molar refractivity (Wildman–Crippen MR) is 54.2 cm³/mol. The highest BCUT2D eigenvalue weighted by molar-refractivity contribution is 5.94. The van der Waals surface area contributed by atoms with Crippen molar-refractivity contribution < 1.29 is 23.0 Å². The van der Waals surface area contributed by atoms with Crippen molar-refractivity contribution in [2.24, 2.45) is 0 Å². The first-order valence-electron chi connectivity index (χ1n) is 4.77. The van der Waals surface area contributed by atoms with E-state index in [0.29, 0.717) is 12.2 Å². The average molecular weight is 230 g/mol. The molecule has 0 amide bonds. The van der Waals surface area contributed by atoms with Gasteiger partial charge in [0.25, 0.3) is 0 Å². The molecule has 3 nitrogen and oxygen atoms in total. The van der Waals surface area contributed by atoms with E-state index in [9.17, 15) is 13.6 Å². The highest BCUT2D eigenvalue weighted by Crippen LogP contribution is 2.29. The Balaban J connectivity index is 3.03. The first kappa shape index (κ1) is 12.4. The summed E-state index contributed by atoms with van der Waals surface area (Å²) < 4.78 is 33.5. The molecule has 0 aromatic heterocycles. The van der Waals surface area contributed by atoms with Crippen LogP contribution in [-0.4, -0.2) is 19.0 Å². The van der Waals surface area contributed by atoms with E-state index in [0.717, 1.165) is 0 Å². The van der Waals surface area contributed by atoms with Crippen LogP contribution in [0.4, 0.5) is 8.78 Å². The van der Waals surface area contributed by atoms with Crippen molar-refractivity contribution in [2.75, 3.05) is 6.61 Å². The van der Waals surface area contributed by atoms with E-state index in [-0.39, 0.29) is 17.3 Å². The number of ether oxygens (including phenoxy) is 2. The van der Waals surface area contributed by atoms with Gasteiger partial charge < -0.3 is 9.47 Å². The molecule has 0 saturated heterocycles. The van der Waals surface area contributed by atoms with Crippen LogP contribution in [0.1, 0.15) is 24.2 Å². The minimum absolute atomic E-state index is 0.0677. The van der Waals surface area contributed by atoms with Gasteiger partial charge in [-0.25, -0.2) is 0 Å². The number of hydrogen-bond donors (Lipinski definition) is 0. The van der Waals surface area contributed by atoms with E-state index in [4.69, 9.17) is 4.74 Å². The van der Waals surface area contributed by atoms with Gasteiger partial charge >= 0.3 is 6.61 Å². The molecule has 16 heavy (non-hydrogen) atoms. The molecule has 88 valence electrons. The third-order valence-electron chi connectivity index (χ3n) is 1.87. The lowest BCUT2D eigenvalue weighted by Gasteiger charge is -2.11. The summed E-state index contributed by atoms with van der Waals surface area (Å²) in [6.07, 6.45) is 0. The zero-order chi connectivity index (χ0) is 12.1. The summed E-state index contributed by atoms with van der Waals surface area (Å²) >= 11 is 0. The number of alkyl halides is 2. The van der Waals surface area contributed by atoms with Gasteiger partial charge in [0.1, 0.15) is 0 Å². The number of carbonyl (C=O) groups is 1. The average Bonchev–Trinajstić information content (AvgIpc) is 2.20. The van der Waals surface area contributed by atoms with E-state index in [1.54, 1.807) is 6.92 Å². The Bertz CT molecular complexity index is 377. The van der Waals surface area contributed by atoms with Crippen LogP contribution in [-0.2, 0) is 0 Å². The lowest BCUT2D eigenvalue weighted by Crippen LogP contribution is -2.05. The van der Waals surface area contributed by atoms with Gasteiger partial charge in [-0.3, -0.25) is 4.79 Å². The monoisotopic (exact) mass is 230 g/mol. The molecule has 5 heteroatoms. The number of halogens is 2. The van der Waals surface area contributed by atoms with Crippen LogP contribution in [0.5, 0.6) is 11.5 Å². The molecule has 1 rings (SSSR count). The molecule has 0 aliphatic heterocycles. The number of benzene rings is 1. The summed E-state index contributed by atoms with van der Waals surface area (Å²) in [4.78, 5) is 11.1. The maximum atomic E-state index is 12.1. The van der Waals surface area contributed by atoms with Crippen LogP contribution >= 0.6 is 0 Å². The lowest BCUT2D eigenvalue weighted by molar-refractivity contribution is -0.0514. The number of rotatable bonds is 5. The first-order chi connectivity index (χ1) is 7.54. The molecule has 0 aliphatic carbocycles. The van der Waals surface area contributed by atoms with Crippen LogP contribution < -0.4 is 9.47 Å². The topological polar surface area (TPSA) is 35.5 Å². The SMILES string of the molecule is CCOc1cc(C(C)=O)ccc1OC(F)F. The molecule has 0 atom stereocenters. The molecular formula is C11H12F2O3. The highest BCUT2D eigenvalue weighted by Gasteiger charge is 2.12. The molecular weight excluding hydrogens is 218 g/mol. The Morgan fingerprint density at radius 1 is 1.38 bits per heavy atom. The molecule has 0 N–H and O–H groups in total. The minimum Gasteiger partial charge on any atom is -0.490 e. The van der Waals surface area contributed by atoms with E-state index in [2.05, 4.69) is 4.74 Å². The van der Waals surface area contributed by atoms with E-state index >= 15 is 0 Å². The van der Waals surface area contributed by atoms with Crippen molar-refractivity contribution in [1.82, 2.24) is 0 Å². The van der Waals surface area contributed by atoms with Gasteiger partial charge in [0.05, 0.1) is 6.61 Å². The maximum Gasteiger partial charge on any atom is 0.387 e. The fourth-order valence-corrected chi connectivity index (χ4v) is 1.19. The van der Waals surface area contributed by atoms with Crippen molar-refractivity contribution in [3.63, 3.8) is 0 Å². The van der Waals surface area contributed by atoms with Crippen LogP contribution in [0.25, 0.3) is 0 Å². The van der Waals surface area contributed by atoms with Gasteiger partial charge in [0, 0.05) is 5.56 Å². The zero-order valence-electron chi connectivity index (χ0n) is 9.00. The normalized spacial score (nSPS) is 10.3. The standard InChI is InChI=1S/C11H12F2O3/c1-3-15-10-6-8(7(2)14)4-5-9(10)16-11(12)13/h4-6,11H,3H2,1-2H3. The van der Waals surface area contributed by atoms with Crippen LogP contribution in [0, 0.1) is 0 Å². The Labute approximate surface area is 92.0 Å². The molecule has 0 bridgehead atoms. The zero-order valence-corrected chi connectivity index (χ0v) is 9.00. The smallest absolute Gasteiger partial charge is 0.387 e. The van der Waals surface area contributed by atoms with Gasteiger partial charge in [-0.05, 0) is 32.0 Å². The largest absolute Gasteiger partial charge is 0.490 e. The van der Waals surface area contributed by atoms with Crippen LogP contribution in [0.3, 0.4) is 0 Å². The van der Waals surface area contributed by atoms with Crippen molar-refractivity contribution >= 4 is 5.78 Å². The van der Waals surface area contributed by atoms with Gasteiger partial charge in [0.2, 0.25) is 0 Å². The summed E-state index contributed by atoms with van der Waals surface area (Å²) in [6.45, 7) is 0.495. The highest BCUT2D eigenvalue weighted by atomic mass is 19.3. The van der Waals surface area contributed by atoms with Crippen LogP contribution in [0.15, 0.2) is 18.2 Å². The molecule has 0 spiro atoms. The number of Topliss-reactive ketones (excluding diaryl/α,β-unsaturated/α-hetero) is 1. The van der Waals surface area contributed by atoms with Gasteiger partial charge in [-0.15, -0.1) is 0 Å². The minimum atomic E-state index is -2.91. The summed E-state index contributed by atoms with van der Waals surface area (Å²) in [6, 6.07) is 4.11. The predicted octanol–water partition coefficient (Wildman–Crippen LogP) is 2.89. The Morgan fingerprint density at radius 2 is 2.06 bits per heavy atom. The van der Waals surface area contributed by atoms with Crippen LogP contribution in [0.2, 0.25) is 0 Å². The fraction of sp³-hybridized carbons (Fsp3) is 0.364. The lowest BCUT2D eigenvalue weighted by atomic mass is 10.1. The van der Waals surface area contributed by atoms with Gasteiger partial charge in [-0.1, -0.05) is 0 Å². The number of ketones is 1. The van der Waals surface area contributed by atoms with Gasteiger partial charge in [0.15, 0.2) is 17.3 Å². The number of hydrogen-bond acceptors (Lipinski definition) is 3. The quantitative estimate of drug-likeness (QED) is 0.729. The molecule has 1 aromatic carbocycles. The summed E-state index contributed by atoms with van der Waals surface area (Å²) in [5, 5.41) is 0. The second kappa shape index (κ2) is 5.44. The Kier molecular flexibility index (Phi) is 4.22. The number of carbonyl (C=O) groups excluding carboxylic acids is 1. The van der Waals surface area contributed by atoms with Crippen molar-refractivity contribution in [1.29, 1.82) is 0 Å². The molecule has 0 unspecified atom stereocenters. The van der Waals surface area contributed by atoms with Gasteiger partial charge in [-0.2, -0.15) is 8.78 Å². The van der Waals surface area contributed by atoms with E-state index in [1.165, 1.54) is 25.1 Å². The molecule has 0 radical (unpaired) electrons. The van der Waals surface area contributed by atoms with Crippen molar-refractivity contribution in [2.45, 2.75) is 20.5 Å². The Hall–Kier alpha value is -1.65. The Morgan fingerprint density at radius 3 is 2.56 bits per heavy atom. The molecule has 0 fully saturated rings. The molecule has 0 saturated carbocycles. The summed E-state index contributed by atoms with van der Waals surface area (Å²) in [5.41, 5.74) is 0.394. The summed E-state index contributed by atoms with van der Waals surface area (Å²) in [5.74, 6) is -0.0816. The van der Waals surface area contributed by atoms with Crippen molar-refractivity contribution in [3.8, 4) is 11.5 Å². The first-order valence-corrected chi connectivity index (χ1v) is 4.77. The van der Waals surface area contributed by atoms with Crippen molar-refractivity contribution in [3.05, 3.63) is 23.8 Å².